The molecule has 1 aromatic rings. The van der Waals surface area contributed by atoms with Gasteiger partial charge in [0.05, 0.1) is 11.6 Å². The standard InChI is InChI=1S/C17H27N3O/c1-3-8-15(16-10-5-6-11-18-16)17(21)19-13-14-9-7-12-20(14)4-2/h5-6,10-11,14-15H,3-4,7-9,12-13H2,1-2H3,(H,19,21). The Morgan fingerprint density at radius 3 is 3.00 bits per heavy atom. The van der Waals surface area contributed by atoms with Crippen LogP contribution in [0.3, 0.4) is 0 Å². The van der Waals surface area contributed by atoms with E-state index in [4.69, 9.17) is 0 Å². The minimum Gasteiger partial charge on any atom is -0.354 e. The summed E-state index contributed by atoms with van der Waals surface area (Å²) in [6.45, 7) is 7.29. The van der Waals surface area contributed by atoms with E-state index in [0.29, 0.717) is 6.04 Å². The van der Waals surface area contributed by atoms with Gasteiger partial charge in [0.25, 0.3) is 0 Å². The number of carbonyl (C=O) groups is 1. The maximum Gasteiger partial charge on any atom is 0.229 e. The van der Waals surface area contributed by atoms with Gasteiger partial charge in [-0.05, 0) is 44.5 Å². The summed E-state index contributed by atoms with van der Waals surface area (Å²) in [5.41, 5.74) is 0.885. The van der Waals surface area contributed by atoms with Gasteiger partial charge in [-0.25, -0.2) is 0 Å². The molecule has 0 aliphatic carbocycles. The molecule has 2 atom stereocenters. The summed E-state index contributed by atoms with van der Waals surface area (Å²) in [6.07, 6.45) is 6.04. The van der Waals surface area contributed by atoms with Crippen molar-refractivity contribution < 1.29 is 4.79 Å². The van der Waals surface area contributed by atoms with E-state index in [9.17, 15) is 4.79 Å². The van der Waals surface area contributed by atoms with Crippen LogP contribution in [-0.4, -0.2) is 41.5 Å². The van der Waals surface area contributed by atoms with E-state index >= 15 is 0 Å². The van der Waals surface area contributed by atoms with Gasteiger partial charge < -0.3 is 5.32 Å². The molecule has 1 amide bonds. The molecule has 2 unspecified atom stereocenters. The van der Waals surface area contributed by atoms with Crippen LogP contribution in [0, 0.1) is 0 Å². The molecular formula is C17H27N3O. The highest BCUT2D eigenvalue weighted by molar-refractivity contribution is 5.83. The summed E-state index contributed by atoms with van der Waals surface area (Å²) in [6, 6.07) is 6.30. The van der Waals surface area contributed by atoms with E-state index in [1.807, 2.05) is 18.2 Å². The van der Waals surface area contributed by atoms with Gasteiger partial charge in [-0.15, -0.1) is 0 Å². The predicted octanol–water partition coefficient (Wildman–Crippen LogP) is 2.57. The van der Waals surface area contributed by atoms with Gasteiger partial charge in [0.1, 0.15) is 0 Å². The Labute approximate surface area is 127 Å². The van der Waals surface area contributed by atoms with E-state index in [1.54, 1.807) is 6.20 Å². The summed E-state index contributed by atoms with van der Waals surface area (Å²) >= 11 is 0. The molecule has 0 bridgehead atoms. The number of likely N-dealkylation sites (tertiary alicyclic amines) is 1. The average molecular weight is 289 g/mol. The molecule has 1 fully saturated rings. The van der Waals surface area contributed by atoms with Crippen LogP contribution < -0.4 is 5.32 Å². The molecule has 0 aromatic carbocycles. The fraction of sp³-hybridized carbons (Fsp3) is 0.647. The zero-order valence-electron chi connectivity index (χ0n) is 13.2. The minimum atomic E-state index is -0.118. The third kappa shape index (κ3) is 4.27. The van der Waals surface area contributed by atoms with E-state index in [0.717, 1.165) is 38.2 Å². The fourth-order valence-corrected chi connectivity index (χ4v) is 3.17. The zero-order valence-corrected chi connectivity index (χ0v) is 13.2. The van der Waals surface area contributed by atoms with Gasteiger partial charge >= 0.3 is 0 Å². The highest BCUT2D eigenvalue weighted by Crippen LogP contribution is 2.20. The predicted molar refractivity (Wildman–Crippen MR) is 85.2 cm³/mol. The molecule has 2 heterocycles. The van der Waals surface area contributed by atoms with Gasteiger partial charge in [0, 0.05) is 18.8 Å². The third-order valence-corrected chi connectivity index (χ3v) is 4.36. The van der Waals surface area contributed by atoms with Gasteiger partial charge in [0.2, 0.25) is 5.91 Å². The van der Waals surface area contributed by atoms with Crippen LogP contribution in [0.15, 0.2) is 24.4 Å². The highest BCUT2D eigenvalue weighted by Gasteiger charge is 2.25. The highest BCUT2D eigenvalue weighted by atomic mass is 16.1. The van der Waals surface area contributed by atoms with Crippen molar-refractivity contribution in [1.82, 2.24) is 15.2 Å². The number of hydrogen-bond donors (Lipinski definition) is 1. The minimum absolute atomic E-state index is 0.118. The lowest BCUT2D eigenvalue weighted by Gasteiger charge is -2.24. The number of hydrogen-bond acceptors (Lipinski definition) is 3. The second-order valence-electron chi connectivity index (χ2n) is 5.77. The molecule has 0 spiro atoms. The summed E-state index contributed by atoms with van der Waals surface area (Å²) in [5, 5.41) is 3.15. The number of aromatic nitrogens is 1. The second kappa shape index (κ2) is 8.13. The first kappa shape index (κ1) is 16.0. The first-order valence-corrected chi connectivity index (χ1v) is 8.19. The summed E-state index contributed by atoms with van der Waals surface area (Å²) in [5.74, 6) is 0.00572. The van der Waals surface area contributed by atoms with Crippen LogP contribution in [-0.2, 0) is 4.79 Å². The number of nitrogens with one attached hydrogen (secondary N) is 1. The van der Waals surface area contributed by atoms with Gasteiger partial charge in [-0.3, -0.25) is 14.7 Å². The van der Waals surface area contributed by atoms with Crippen molar-refractivity contribution in [2.45, 2.75) is 51.5 Å². The Bertz CT molecular complexity index is 435. The van der Waals surface area contributed by atoms with E-state index in [1.165, 1.54) is 12.8 Å². The van der Waals surface area contributed by atoms with E-state index < -0.39 is 0 Å². The maximum absolute atomic E-state index is 12.5. The van der Waals surface area contributed by atoms with E-state index in [2.05, 4.69) is 29.0 Å². The van der Waals surface area contributed by atoms with Crippen LogP contribution in [0.2, 0.25) is 0 Å². The number of likely N-dealkylation sites (N-methyl/N-ethyl adjacent to an activating group) is 1. The molecule has 1 N–H and O–H groups in total. The normalized spacial score (nSPS) is 20.4. The lowest BCUT2D eigenvalue weighted by Crippen LogP contribution is -2.41. The molecule has 1 aromatic heterocycles. The molecule has 2 rings (SSSR count). The fourth-order valence-electron chi connectivity index (χ4n) is 3.17. The number of pyridine rings is 1. The smallest absolute Gasteiger partial charge is 0.229 e. The number of carbonyl (C=O) groups excluding carboxylic acids is 1. The number of nitrogens with zero attached hydrogens (tertiary/aromatic N) is 2. The molecule has 4 nitrogen and oxygen atoms in total. The Morgan fingerprint density at radius 2 is 2.33 bits per heavy atom. The quantitative estimate of drug-likeness (QED) is 0.839. The van der Waals surface area contributed by atoms with Gasteiger partial charge in [0.15, 0.2) is 0 Å². The molecule has 21 heavy (non-hydrogen) atoms. The molecule has 116 valence electrons. The molecular weight excluding hydrogens is 262 g/mol. The van der Waals surface area contributed by atoms with Crippen LogP contribution in [0.1, 0.15) is 51.1 Å². The molecule has 1 aliphatic rings. The first-order chi connectivity index (χ1) is 10.3. The van der Waals surface area contributed by atoms with Crippen LogP contribution in [0.5, 0.6) is 0 Å². The van der Waals surface area contributed by atoms with Crippen molar-refractivity contribution in [1.29, 1.82) is 0 Å². The maximum atomic E-state index is 12.5. The second-order valence-corrected chi connectivity index (χ2v) is 5.77. The monoisotopic (exact) mass is 289 g/mol. The lowest BCUT2D eigenvalue weighted by atomic mass is 9.98. The summed E-state index contributed by atoms with van der Waals surface area (Å²) in [7, 11) is 0. The summed E-state index contributed by atoms with van der Waals surface area (Å²) < 4.78 is 0. The number of rotatable bonds is 7. The van der Waals surface area contributed by atoms with Crippen LogP contribution in [0.4, 0.5) is 0 Å². The van der Waals surface area contributed by atoms with E-state index in [-0.39, 0.29) is 11.8 Å². The molecule has 0 saturated carbocycles. The van der Waals surface area contributed by atoms with Gasteiger partial charge in [-0.1, -0.05) is 26.3 Å². The van der Waals surface area contributed by atoms with Crippen molar-refractivity contribution in [3.63, 3.8) is 0 Å². The summed E-state index contributed by atoms with van der Waals surface area (Å²) in [4.78, 5) is 19.3. The Morgan fingerprint density at radius 1 is 1.48 bits per heavy atom. The average Bonchev–Trinajstić information content (AvgIpc) is 2.98. The zero-order chi connectivity index (χ0) is 15.1. The third-order valence-electron chi connectivity index (χ3n) is 4.36. The van der Waals surface area contributed by atoms with Crippen LogP contribution >= 0.6 is 0 Å². The largest absolute Gasteiger partial charge is 0.354 e. The van der Waals surface area contributed by atoms with Crippen molar-refractivity contribution in [2.75, 3.05) is 19.6 Å². The lowest BCUT2D eigenvalue weighted by molar-refractivity contribution is -0.123. The Kier molecular flexibility index (Phi) is 6.18. The molecule has 0 radical (unpaired) electrons. The van der Waals surface area contributed by atoms with Crippen molar-refractivity contribution in [2.24, 2.45) is 0 Å². The Hall–Kier alpha value is -1.42. The Balaban J connectivity index is 1.93. The van der Waals surface area contributed by atoms with Gasteiger partial charge in [-0.2, -0.15) is 0 Å². The number of amides is 1. The SMILES string of the molecule is CCCC(C(=O)NCC1CCCN1CC)c1ccccn1. The molecule has 4 heteroatoms. The first-order valence-electron chi connectivity index (χ1n) is 8.19. The van der Waals surface area contributed by atoms with Crippen LogP contribution in [0.25, 0.3) is 0 Å². The topological polar surface area (TPSA) is 45.2 Å². The van der Waals surface area contributed by atoms with Crippen molar-refractivity contribution in [3.05, 3.63) is 30.1 Å². The molecule has 1 saturated heterocycles. The molecule has 1 aliphatic heterocycles. The van der Waals surface area contributed by atoms with Crippen molar-refractivity contribution in [3.8, 4) is 0 Å². The van der Waals surface area contributed by atoms with Crippen molar-refractivity contribution >= 4 is 5.91 Å².